The van der Waals surface area contributed by atoms with Crippen LogP contribution in [0.2, 0.25) is 0 Å². The highest BCUT2D eigenvalue weighted by Crippen LogP contribution is 2.22. The summed E-state index contributed by atoms with van der Waals surface area (Å²) in [5.41, 5.74) is 1.09. The minimum atomic E-state index is -0.679. The molecule has 2 aromatic rings. The van der Waals surface area contributed by atoms with Gasteiger partial charge in [-0.2, -0.15) is 0 Å². The predicted octanol–water partition coefficient (Wildman–Crippen LogP) is 3.75. The van der Waals surface area contributed by atoms with Crippen molar-refractivity contribution in [3.05, 3.63) is 57.8 Å². The van der Waals surface area contributed by atoms with E-state index in [1.165, 1.54) is 17.0 Å². The quantitative estimate of drug-likeness (QED) is 0.831. The van der Waals surface area contributed by atoms with E-state index in [4.69, 9.17) is 4.84 Å². The summed E-state index contributed by atoms with van der Waals surface area (Å²) in [5, 5.41) is 8.77. The van der Waals surface area contributed by atoms with Crippen molar-refractivity contribution in [2.24, 2.45) is 5.16 Å². The Hall–Kier alpha value is -2.48. The van der Waals surface area contributed by atoms with Gasteiger partial charge in [0.25, 0.3) is 0 Å². The fourth-order valence-electron chi connectivity index (χ4n) is 2.70. The molecule has 0 spiro atoms. The highest BCUT2D eigenvalue weighted by molar-refractivity contribution is 7.12. The zero-order valence-corrected chi connectivity index (χ0v) is 15.1. The molecule has 5 nitrogen and oxygen atoms in total. The van der Waals surface area contributed by atoms with Crippen molar-refractivity contribution in [1.29, 1.82) is 0 Å². The topological polar surface area (TPSA) is 53.9 Å². The lowest BCUT2D eigenvalue weighted by Crippen LogP contribution is -2.43. The van der Waals surface area contributed by atoms with E-state index in [1.807, 2.05) is 17.5 Å². The van der Waals surface area contributed by atoms with Gasteiger partial charge in [-0.1, -0.05) is 17.3 Å². The first-order valence-corrected chi connectivity index (χ1v) is 9.18. The van der Waals surface area contributed by atoms with Crippen LogP contribution in [0.3, 0.4) is 0 Å². The van der Waals surface area contributed by atoms with Crippen LogP contribution in [-0.4, -0.2) is 35.8 Å². The van der Waals surface area contributed by atoms with Gasteiger partial charge in [-0.3, -0.25) is 0 Å². The van der Waals surface area contributed by atoms with Gasteiger partial charge in [-0.05, 0) is 24.4 Å². The Labute approximate surface area is 154 Å². The van der Waals surface area contributed by atoms with Crippen LogP contribution in [0.15, 0.2) is 40.9 Å². The molecule has 26 heavy (non-hydrogen) atoms. The predicted molar refractivity (Wildman–Crippen MR) is 96.2 cm³/mol. The summed E-state index contributed by atoms with van der Waals surface area (Å²) in [6, 6.07) is 6.91. The van der Waals surface area contributed by atoms with Crippen LogP contribution in [0.1, 0.15) is 23.8 Å². The zero-order chi connectivity index (χ0) is 18.5. The Balaban J connectivity index is 1.68. The molecule has 0 radical (unpaired) electrons. The normalized spacial score (nSPS) is 16.1. The smallest absolute Gasteiger partial charge is 0.317 e. The molecule has 0 saturated heterocycles. The lowest BCUT2D eigenvalue weighted by Gasteiger charge is -2.25. The highest BCUT2D eigenvalue weighted by atomic mass is 32.1. The van der Waals surface area contributed by atoms with Gasteiger partial charge in [0.1, 0.15) is 17.3 Å². The number of halogens is 2. The number of carbonyl (C=O) groups is 1. The van der Waals surface area contributed by atoms with Crippen molar-refractivity contribution < 1.29 is 18.4 Å². The van der Waals surface area contributed by atoms with Crippen LogP contribution in [0, 0.1) is 11.6 Å². The molecular weight excluding hydrogens is 360 g/mol. The molecule has 0 bridgehead atoms. The summed E-state index contributed by atoms with van der Waals surface area (Å²) < 4.78 is 27.1. The third-order valence-corrected chi connectivity index (χ3v) is 4.87. The highest BCUT2D eigenvalue weighted by Gasteiger charge is 2.27. The van der Waals surface area contributed by atoms with Crippen LogP contribution in [0.5, 0.6) is 0 Å². The monoisotopic (exact) mass is 379 g/mol. The zero-order valence-electron chi connectivity index (χ0n) is 14.2. The molecule has 1 aromatic heterocycles. The number of nitrogens with zero attached hydrogens (tertiary/aromatic N) is 2. The van der Waals surface area contributed by atoms with Crippen LogP contribution in [0.25, 0.3) is 0 Å². The molecule has 2 amide bonds. The molecule has 1 aliphatic rings. The SMILES string of the molecule is CCNC(=O)N(Cc1ccc(F)cc1F)CC1CC(c2cccs2)=NO1. The summed E-state index contributed by atoms with van der Waals surface area (Å²) in [4.78, 5) is 20.3. The van der Waals surface area contributed by atoms with Gasteiger partial charge < -0.3 is 15.1 Å². The number of benzene rings is 1. The van der Waals surface area contributed by atoms with E-state index in [1.54, 1.807) is 18.3 Å². The molecule has 1 atom stereocenters. The van der Waals surface area contributed by atoms with Crippen molar-refractivity contribution >= 4 is 23.1 Å². The molecule has 138 valence electrons. The summed E-state index contributed by atoms with van der Waals surface area (Å²) in [7, 11) is 0. The minimum absolute atomic E-state index is 0.0200. The van der Waals surface area contributed by atoms with Crippen LogP contribution < -0.4 is 5.32 Å². The van der Waals surface area contributed by atoms with Gasteiger partial charge in [-0.15, -0.1) is 11.3 Å². The first-order valence-electron chi connectivity index (χ1n) is 8.30. The fourth-order valence-corrected chi connectivity index (χ4v) is 3.42. The molecule has 1 aliphatic heterocycles. The lowest BCUT2D eigenvalue weighted by atomic mass is 10.1. The average Bonchev–Trinajstić information content (AvgIpc) is 3.28. The number of thiophene rings is 1. The molecule has 1 N–H and O–H groups in total. The van der Waals surface area contributed by atoms with Crippen molar-refractivity contribution in [2.75, 3.05) is 13.1 Å². The van der Waals surface area contributed by atoms with Crippen molar-refractivity contribution in [3.8, 4) is 0 Å². The third kappa shape index (κ3) is 4.37. The molecule has 0 aliphatic carbocycles. The largest absolute Gasteiger partial charge is 0.390 e. The number of rotatable bonds is 6. The van der Waals surface area contributed by atoms with Gasteiger partial charge in [0.05, 0.1) is 18.0 Å². The maximum absolute atomic E-state index is 14.0. The first-order chi connectivity index (χ1) is 12.6. The fraction of sp³-hybridized carbons (Fsp3) is 0.333. The van der Waals surface area contributed by atoms with Crippen molar-refractivity contribution in [2.45, 2.75) is 26.0 Å². The number of hydrogen-bond donors (Lipinski definition) is 1. The van der Waals surface area contributed by atoms with E-state index in [-0.39, 0.29) is 30.8 Å². The summed E-state index contributed by atoms with van der Waals surface area (Å²) >= 11 is 1.57. The number of carbonyl (C=O) groups excluding carboxylic acids is 1. The Morgan fingerprint density at radius 1 is 1.42 bits per heavy atom. The van der Waals surface area contributed by atoms with Crippen LogP contribution in [-0.2, 0) is 11.4 Å². The van der Waals surface area contributed by atoms with Gasteiger partial charge in [-0.25, -0.2) is 13.6 Å². The Morgan fingerprint density at radius 2 is 2.27 bits per heavy atom. The number of nitrogens with one attached hydrogen (secondary N) is 1. The molecule has 1 unspecified atom stereocenters. The maximum Gasteiger partial charge on any atom is 0.317 e. The van der Waals surface area contributed by atoms with Crippen molar-refractivity contribution in [3.63, 3.8) is 0 Å². The van der Waals surface area contributed by atoms with E-state index >= 15 is 0 Å². The van der Waals surface area contributed by atoms with Gasteiger partial charge >= 0.3 is 6.03 Å². The van der Waals surface area contributed by atoms with E-state index in [9.17, 15) is 13.6 Å². The summed E-state index contributed by atoms with van der Waals surface area (Å²) in [6.07, 6.45) is 0.265. The first kappa shape index (κ1) is 18.3. The molecule has 0 saturated carbocycles. The van der Waals surface area contributed by atoms with Crippen LogP contribution >= 0.6 is 11.3 Å². The molecular formula is C18H19F2N3O2S. The standard InChI is InChI=1S/C18H19F2N3O2S/c1-2-21-18(24)23(10-12-5-6-13(19)8-15(12)20)11-14-9-16(22-25-14)17-4-3-7-26-17/h3-8,14H,2,9-11H2,1H3,(H,21,24). The van der Waals surface area contributed by atoms with E-state index in [0.29, 0.717) is 13.0 Å². The molecule has 0 fully saturated rings. The van der Waals surface area contributed by atoms with E-state index in [2.05, 4.69) is 10.5 Å². The van der Waals surface area contributed by atoms with Crippen molar-refractivity contribution in [1.82, 2.24) is 10.2 Å². The second-order valence-electron chi connectivity index (χ2n) is 5.90. The van der Waals surface area contributed by atoms with E-state index < -0.39 is 11.6 Å². The molecule has 1 aromatic carbocycles. The number of urea groups is 1. The second-order valence-corrected chi connectivity index (χ2v) is 6.85. The maximum atomic E-state index is 14.0. The number of amides is 2. The molecule has 8 heteroatoms. The number of oxime groups is 1. The van der Waals surface area contributed by atoms with Gasteiger partial charge in [0.15, 0.2) is 6.10 Å². The van der Waals surface area contributed by atoms with Gasteiger partial charge in [0.2, 0.25) is 0 Å². The molecule has 3 rings (SSSR count). The summed E-state index contributed by atoms with van der Waals surface area (Å²) in [6.45, 7) is 2.52. The van der Waals surface area contributed by atoms with Crippen LogP contribution in [0.4, 0.5) is 13.6 Å². The lowest BCUT2D eigenvalue weighted by molar-refractivity contribution is 0.0588. The minimum Gasteiger partial charge on any atom is -0.390 e. The molecule has 2 heterocycles. The Morgan fingerprint density at radius 3 is 2.96 bits per heavy atom. The number of hydrogen-bond acceptors (Lipinski definition) is 4. The van der Waals surface area contributed by atoms with E-state index in [0.717, 1.165) is 16.7 Å². The third-order valence-electron chi connectivity index (χ3n) is 3.95. The summed E-state index contributed by atoms with van der Waals surface area (Å²) in [5.74, 6) is -1.33. The Bertz CT molecular complexity index is 796. The van der Waals surface area contributed by atoms with Gasteiger partial charge in [0, 0.05) is 24.6 Å². The average molecular weight is 379 g/mol. The Kier molecular flexibility index (Phi) is 5.82. The second kappa shape index (κ2) is 8.27.